The van der Waals surface area contributed by atoms with Gasteiger partial charge in [-0.25, -0.2) is 9.78 Å². The zero-order valence-corrected chi connectivity index (χ0v) is 11.7. The first-order valence-electron chi connectivity index (χ1n) is 6.75. The fourth-order valence-corrected chi connectivity index (χ4v) is 3.02. The molecule has 1 aromatic heterocycles. The van der Waals surface area contributed by atoms with Gasteiger partial charge in [0.05, 0.1) is 10.7 Å². The Hall–Kier alpha value is -1.10. The summed E-state index contributed by atoms with van der Waals surface area (Å²) in [5, 5.41) is 9.16. The van der Waals surface area contributed by atoms with Crippen LogP contribution >= 0.6 is 11.3 Å². The zero-order valence-electron chi connectivity index (χ0n) is 10.9. The topological polar surface area (TPSA) is 54.0 Å². The van der Waals surface area contributed by atoms with E-state index in [0.29, 0.717) is 12.6 Å². The molecule has 5 heteroatoms. The second-order valence-corrected chi connectivity index (χ2v) is 5.66. The molecule has 0 unspecified atom stereocenters. The number of hydrogen-bond donors (Lipinski definition) is 2. The van der Waals surface area contributed by atoms with Crippen LogP contribution in [0.1, 0.15) is 43.3 Å². The van der Waals surface area contributed by atoms with Crippen LogP contribution in [0.25, 0.3) is 0 Å². The van der Waals surface area contributed by atoms with Crippen LogP contribution in [0.15, 0.2) is 5.38 Å². The smallest absolute Gasteiger partial charge is 0.315 e. The Morgan fingerprint density at radius 1 is 1.50 bits per heavy atom. The second kappa shape index (κ2) is 6.73. The molecular formula is C13H21N3OS. The van der Waals surface area contributed by atoms with Crippen molar-refractivity contribution in [1.82, 2.24) is 15.6 Å². The number of aryl methyl sites for hydroxylation is 1. The van der Waals surface area contributed by atoms with Crippen molar-refractivity contribution in [2.45, 2.75) is 51.5 Å². The lowest BCUT2D eigenvalue weighted by Gasteiger charge is -2.12. The van der Waals surface area contributed by atoms with Gasteiger partial charge in [0.15, 0.2) is 0 Å². The van der Waals surface area contributed by atoms with Gasteiger partial charge in [-0.1, -0.05) is 19.8 Å². The van der Waals surface area contributed by atoms with Crippen LogP contribution in [-0.4, -0.2) is 23.6 Å². The Morgan fingerprint density at radius 2 is 2.28 bits per heavy atom. The van der Waals surface area contributed by atoms with Gasteiger partial charge in [-0.05, 0) is 19.3 Å². The van der Waals surface area contributed by atoms with Gasteiger partial charge >= 0.3 is 6.03 Å². The Kier molecular flexibility index (Phi) is 4.99. The summed E-state index contributed by atoms with van der Waals surface area (Å²) in [6, 6.07) is 0.351. The fourth-order valence-electron chi connectivity index (χ4n) is 2.24. The number of nitrogens with one attached hydrogen (secondary N) is 2. The lowest BCUT2D eigenvalue weighted by molar-refractivity contribution is 0.237. The van der Waals surface area contributed by atoms with E-state index in [1.165, 1.54) is 17.8 Å². The van der Waals surface area contributed by atoms with Crippen molar-refractivity contribution in [3.8, 4) is 0 Å². The van der Waals surface area contributed by atoms with Gasteiger partial charge in [-0.2, -0.15) is 0 Å². The van der Waals surface area contributed by atoms with E-state index in [9.17, 15) is 4.79 Å². The van der Waals surface area contributed by atoms with Crippen molar-refractivity contribution in [3.05, 3.63) is 16.1 Å². The molecule has 100 valence electrons. The summed E-state index contributed by atoms with van der Waals surface area (Å²) in [6.07, 6.45) is 6.53. The van der Waals surface area contributed by atoms with Gasteiger partial charge in [0.25, 0.3) is 0 Å². The lowest BCUT2D eigenvalue weighted by Crippen LogP contribution is -2.41. The maximum absolute atomic E-state index is 11.6. The number of rotatable bonds is 5. The Labute approximate surface area is 112 Å². The molecule has 0 radical (unpaired) electrons. The van der Waals surface area contributed by atoms with Crippen molar-refractivity contribution in [1.29, 1.82) is 0 Å². The van der Waals surface area contributed by atoms with E-state index in [2.05, 4.69) is 27.9 Å². The second-order valence-electron chi connectivity index (χ2n) is 4.72. The summed E-state index contributed by atoms with van der Waals surface area (Å²) < 4.78 is 0. The molecule has 0 spiro atoms. The number of hydrogen-bond acceptors (Lipinski definition) is 3. The van der Waals surface area contributed by atoms with E-state index >= 15 is 0 Å². The van der Waals surface area contributed by atoms with Gasteiger partial charge in [-0.15, -0.1) is 11.3 Å². The SMILES string of the molecule is CCc1nc(CCNC(=O)NC2CCCC2)cs1. The monoisotopic (exact) mass is 267 g/mol. The van der Waals surface area contributed by atoms with Crippen LogP contribution in [0.2, 0.25) is 0 Å². The summed E-state index contributed by atoms with van der Waals surface area (Å²) in [5.74, 6) is 0. The average molecular weight is 267 g/mol. The van der Waals surface area contributed by atoms with Crippen molar-refractivity contribution in [2.75, 3.05) is 6.54 Å². The van der Waals surface area contributed by atoms with Crippen LogP contribution < -0.4 is 10.6 Å². The highest BCUT2D eigenvalue weighted by molar-refractivity contribution is 7.09. The van der Waals surface area contributed by atoms with Crippen molar-refractivity contribution in [3.63, 3.8) is 0 Å². The van der Waals surface area contributed by atoms with Crippen LogP contribution in [0.3, 0.4) is 0 Å². The third kappa shape index (κ3) is 3.98. The van der Waals surface area contributed by atoms with Crippen molar-refractivity contribution >= 4 is 17.4 Å². The number of nitrogens with zero attached hydrogens (tertiary/aromatic N) is 1. The van der Waals surface area contributed by atoms with E-state index < -0.39 is 0 Å². The molecule has 2 N–H and O–H groups in total. The molecule has 2 rings (SSSR count). The Morgan fingerprint density at radius 3 is 2.94 bits per heavy atom. The van der Waals surface area contributed by atoms with Gasteiger partial charge in [0.2, 0.25) is 0 Å². The average Bonchev–Trinajstić information content (AvgIpc) is 3.00. The third-order valence-electron chi connectivity index (χ3n) is 3.26. The number of carbonyl (C=O) groups excluding carboxylic acids is 1. The summed E-state index contributed by atoms with van der Waals surface area (Å²) in [7, 11) is 0. The number of urea groups is 1. The zero-order chi connectivity index (χ0) is 12.8. The predicted octanol–water partition coefficient (Wildman–Crippen LogP) is 2.49. The largest absolute Gasteiger partial charge is 0.338 e. The summed E-state index contributed by atoms with van der Waals surface area (Å²) >= 11 is 1.70. The highest BCUT2D eigenvalue weighted by Gasteiger charge is 2.16. The quantitative estimate of drug-likeness (QED) is 0.861. The van der Waals surface area contributed by atoms with Gasteiger partial charge < -0.3 is 10.6 Å². The maximum atomic E-state index is 11.6. The number of thiazole rings is 1. The lowest BCUT2D eigenvalue weighted by atomic mass is 10.2. The van der Waals surface area contributed by atoms with Gasteiger partial charge in [0.1, 0.15) is 0 Å². The van der Waals surface area contributed by atoms with Gasteiger partial charge in [0, 0.05) is 24.4 Å². The molecule has 0 atom stereocenters. The highest BCUT2D eigenvalue weighted by Crippen LogP contribution is 2.17. The minimum absolute atomic E-state index is 0.0344. The Balaban J connectivity index is 1.63. The molecule has 0 aliphatic heterocycles. The predicted molar refractivity (Wildman–Crippen MR) is 74.0 cm³/mol. The molecule has 0 bridgehead atoms. The van der Waals surface area contributed by atoms with Crippen LogP contribution in [-0.2, 0) is 12.8 Å². The molecule has 1 aliphatic carbocycles. The van der Waals surface area contributed by atoms with Gasteiger partial charge in [-0.3, -0.25) is 0 Å². The van der Waals surface area contributed by atoms with Crippen molar-refractivity contribution in [2.24, 2.45) is 0 Å². The molecule has 1 aliphatic rings. The number of aromatic nitrogens is 1. The van der Waals surface area contributed by atoms with Crippen LogP contribution in [0.4, 0.5) is 4.79 Å². The van der Waals surface area contributed by atoms with E-state index in [1.54, 1.807) is 11.3 Å². The first-order chi connectivity index (χ1) is 8.78. The molecule has 1 aromatic rings. The molecule has 0 aromatic carbocycles. The maximum Gasteiger partial charge on any atom is 0.315 e. The fraction of sp³-hybridized carbons (Fsp3) is 0.692. The summed E-state index contributed by atoms with van der Waals surface area (Å²) in [5.41, 5.74) is 1.08. The molecule has 1 heterocycles. The minimum atomic E-state index is -0.0344. The molecule has 4 nitrogen and oxygen atoms in total. The summed E-state index contributed by atoms with van der Waals surface area (Å²) in [4.78, 5) is 16.1. The first-order valence-corrected chi connectivity index (χ1v) is 7.63. The number of carbonyl (C=O) groups is 1. The molecule has 18 heavy (non-hydrogen) atoms. The first kappa shape index (κ1) is 13.3. The van der Waals surface area contributed by atoms with E-state index in [0.717, 1.165) is 31.4 Å². The molecule has 0 saturated heterocycles. The standard InChI is InChI=1S/C13H21N3OS/c1-2-12-15-11(9-18-12)7-8-14-13(17)16-10-5-3-4-6-10/h9-10H,2-8H2,1H3,(H2,14,16,17). The van der Waals surface area contributed by atoms with E-state index in [1.807, 2.05) is 0 Å². The number of amides is 2. The van der Waals surface area contributed by atoms with Crippen molar-refractivity contribution < 1.29 is 4.79 Å². The molecule has 2 amide bonds. The van der Waals surface area contributed by atoms with E-state index in [-0.39, 0.29) is 6.03 Å². The van der Waals surface area contributed by atoms with E-state index in [4.69, 9.17) is 0 Å². The highest BCUT2D eigenvalue weighted by atomic mass is 32.1. The molecular weight excluding hydrogens is 246 g/mol. The minimum Gasteiger partial charge on any atom is -0.338 e. The summed E-state index contributed by atoms with van der Waals surface area (Å²) in [6.45, 7) is 2.77. The Bertz CT molecular complexity index is 385. The third-order valence-corrected chi connectivity index (χ3v) is 4.30. The van der Waals surface area contributed by atoms with Crippen LogP contribution in [0.5, 0.6) is 0 Å². The molecule has 1 saturated carbocycles. The molecule has 1 fully saturated rings. The van der Waals surface area contributed by atoms with Crippen LogP contribution in [0, 0.1) is 0 Å². The normalized spacial score (nSPS) is 15.8.